The summed E-state index contributed by atoms with van der Waals surface area (Å²) in [6.45, 7) is 8.60. The molecule has 0 aliphatic rings. The van der Waals surface area contributed by atoms with E-state index in [2.05, 4.69) is 33.7 Å². The number of nitrogens with zero attached hydrogens (tertiary/aromatic N) is 4. The zero-order chi connectivity index (χ0) is 24.5. The number of anilines is 1. The lowest BCUT2D eigenvalue weighted by molar-refractivity contribution is 0.102. The number of carbonyl (C=O) groups excluding carboxylic acids is 1. The topological polar surface area (TPSA) is 91.2 Å². The van der Waals surface area contributed by atoms with E-state index < -0.39 is 0 Å². The van der Waals surface area contributed by atoms with Gasteiger partial charge in [0.25, 0.3) is 5.91 Å². The number of amides is 1. The van der Waals surface area contributed by atoms with Crippen molar-refractivity contribution in [2.45, 2.75) is 13.2 Å². The van der Waals surface area contributed by atoms with Crippen molar-refractivity contribution in [2.24, 2.45) is 0 Å². The molecule has 2 aromatic carbocycles. The van der Waals surface area contributed by atoms with Gasteiger partial charge in [0, 0.05) is 6.54 Å². The highest BCUT2D eigenvalue weighted by Crippen LogP contribution is 2.26. The van der Waals surface area contributed by atoms with E-state index in [1.165, 1.54) is 0 Å². The number of nitrogens with one attached hydrogen (secondary N) is 1. The molecule has 4 rings (SSSR count). The summed E-state index contributed by atoms with van der Waals surface area (Å²) in [6, 6.07) is 20.2. The first kappa shape index (κ1) is 23.4. The van der Waals surface area contributed by atoms with Crippen LogP contribution in [0.25, 0.3) is 11.5 Å². The van der Waals surface area contributed by atoms with E-state index in [0.717, 1.165) is 5.56 Å². The van der Waals surface area contributed by atoms with E-state index in [4.69, 9.17) is 9.47 Å². The summed E-state index contributed by atoms with van der Waals surface area (Å²) in [5.41, 5.74) is 1.92. The van der Waals surface area contributed by atoms with E-state index >= 15 is 0 Å². The Morgan fingerprint density at radius 3 is 2.66 bits per heavy atom. The molecule has 2 heterocycles. The third-order valence-electron chi connectivity index (χ3n) is 4.96. The van der Waals surface area contributed by atoms with Crippen LogP contribution in [-0.4, -0.2) is 32.3 Å². The highest BCUT2D eigenvalue weighted by atomic mass is 16.5. The van der Waals surface area contributed by atoms with Crippen LogP contribution in [0.15, 0.2) is 98.4 Å². The summed E-state index contributed by atoms with van der Waals surface area (Å²) >= 11 is 0. The van der Waals surface area contributed by atoms with Crippen molar-refractivity contribution in [2.75, 3.05) is 11.9 Å². The van der Waals surface area contributed by atoms with Gasteiger partial charge in [0.2, 0.25) is 0 Å². The molecule has 4 aromatic rings. The molecule has 8 heteroatoms. The Morgan fingerprint density at radius 2 is 1.86 bits per heavy atom. The fourth-order valence-electron chi connectivity index (χ4n) is 3.33. The molecule has 0 atom stereocenters. The number of pyridine rings is 1. The molecule has 0 unspecified atom stereocenters. The normalized spacial score (nSPS) is 10.4. The Labute approximate surface area is 203 Å². The molecule has 1 amide bonds. The molecule has 0 saturated carbocycles. The number of rotatable bonds is 11. The third kappa shape index (κ3) is 6.00. The molecule has 0 fully saturated rings. The molecular formula is C27H25N5O3. The lowest BCUT2D eigenvalue weighted by Gasteiger charge is -2.13. The van der Waals surface area contributed by atoms with Gasteiger partial charge in [-0.3, -0.25) is 4.79 Å². The Kier molecular flexibility index (Phi) is 7.65. The Hall–Kier alpha value is -4.72. The van der Waals surface area contributed by atoms with Gasteiger partial charge < -0.3 is 19.4 Å². The van der Waals surface area contributed by atoms with Gasteiger partial charge in [-0.15, -0.1) is 16.8 Å². The van der Waals surface area contributed by atoms with Gasteiger partial charge in [0.1, 0.15) is 42.6 Å². The van der Waals surface area contributed by atoms with Crippen LogP contribution in [0.2, 0.25) is 0 Å². The third-order valence-corrected chi connectivity index (χ3v) is 4.96. The molecule has 0 aliphatic heterocycles. The van der Waals surface area contributed by atoms with Gasteiger partial charge >= 0.3 is 0 Å². The fourth-order valence-corrected chi connectivity index (χ4v) is 3.33. The summed E-state index contributed by atoms with van der Waals surface area (Å²) in [5, 5.41) is 10.9. The van der Waals surface area contributed by atoms with Crippen molar-refractivity contribution in [1.29, 1.82) is 0 Å². The van der Waals surface area contributed by atoms with Crippen molar-refractivity contribution in [1.82, 2.24) is 19.7 Å². The lowest BCUT2D eigenvalue weighted by Crippen LogP contribution is -2.15. The minimum absolute atomic E-state index is 0.261. The molecule has 2 aromatic heterocycles. The highest BCUT2D eigenvalue weighted by molar-refractivity contribution is 6.06. The molecule has 1 N–H and O–H groups in total. The maximum Gasteiger partial charge on any atom is 0.260 e. The number of hydrogen-bond donors (Lipinski definition) is 1. The predicted molar refractivity (Wildman–Crippen MR) is 134 cm³/mol. The van der Waals surface area contributed by atoms with Crippen LogP contribution in [-0.2, 0) is 13.2 Å². The molecule has 0 bridgehead atoms. The average Bonchev–Trinajstić information content (AvgIpc) is 3.36. The van der Waals surface area contributed by atoms with E-state index in [1.807, 2.05) is 34.9 Å². The van der Waals surface area contributed by atoms with Crippen LogP contribution in [0.5, 0.6) is 11.5 Å². The van der Waals surface area contributed by atoms with Crippen molar-refractivity contribution in [3.8, 4) is 23.0 Å². The smallest absolute Gasteiger partial charge is 0.260 e. The largest absolute Gasteiger partial charge is 0.489 e. The summed E-state index contributed by atoms with van der Waals surface area (Å²) in [6.07, 6.45) is 4.97. The van der Waals surface area contributed by atoms with Gasteiger partial charge in [-0.1, -0.05) is 55.1 Å². The minimum atomic E-state index is -0.383. The standard InChI is InChI=1S/C27H25N5O3/c1-3-15-32-19-28-31-26(32)23-11-8-12-25(29-23)30-27(33)22-17-21(13-14-24(22)34-16-4-2)35-18-20-9-6-5-7-10-20/h3-14,17,19H,1-2,15-16,18H2,(H,29,30,33). The first-order chi connectivity index (χ1) is 17.2. The maximum atomic E-state index is 13.2. The summed E-state index contributed by atoms with van der Waals surface area (Å²) in [4.78, 5) is 17.8. The fraction of sp³-hybridized carbons (Fsp3) is 0.111. The highest BCUT2D eigenvalue weighted by Gasteiger charge is 2.16. The number of allylic oxidation sites excluding steroid dienone is 1. The first-order valence-corrected chi connectivity index (χ1v) is 11.0. The van der Waals surface area contributed by atoms with E-state index in [0.29, 0.717) is 47.6 Å². The molecule has 35 heavy (non-hydrogen) atoms. The molecule has 0 radical (unpaired) electrons. The Morgan fingerprint density at radius 1 is 1.00 bits per heavy atom. The molecule has 8 nitrogen and oxygen atoms in total. The zero-order valence-electron chi connectivity index (χ0n) is 19.1. The first-order valence-electron chi connectivity index (χ1n) is 11.0. The van der Waals surface area contributed by atoms with Crippen LogP contribution in [0.4, 0.5) is 5.82 Å². The van der Waals surface area contributed by atoms with Gasteiger partial charge in [0.05, 0.1) is 5.56 Å². The van der Waals surface area contributed by atoms with Gasteiger partial charge in [0.15, 0.2) is 5.82 Å². The number of carbonyl (C=O) groups is 1. The van der Waals surface area contributed by atoms with Crippen molar-refractivity contribution in [3.63, 3.8) is 0 Å². The SMILES string of the molecule is C=CCOc1ccc(OCc2ccccc2)cc1C(=O)Nc1cccc(-c2nncn2CC=C)n1. The van der Waals surface area contributed by atoms with Gasteiger partial charge in [-0.25, -0.2) is 4.98 Å². The quantitative estimate of drug-likeness (QED) is 0.315. The second kappa shape index (κ2) is 11.4. The van der Waals surface area contributed by atoms with Crippen molar-refractivity contribution in [3.05, 3.63) is 109 Å². The Bertz CT molecular complexity index is 1320. The number of hydrogen-bond acceptors (Lipinski definition) is 6. The second-order valence-electron chi connectivity index (χ2n) is 7.49. The molecule has 176 valence electrons. The van der Waals surface area contributed by atoms with Crippen LogP contribution in [0.1, 0.15) is 15.9 Å². The monoisotopic (exact) mass is 467 g/mol. The second-order valence-corrected chi connectivity index (χ2v) is 7.49. The van der Waals surface area contributed by atoms with Crippen LogP contribution < -0.4 is 14.8 Å². The molecule has 0 spiro atoms. The number of benzene rings is 2. The molecule has 0 saturated heterocycles. The van der Waals surface area contributed by atoms with E-state index in [-0.39, 0.29) is 12.5 Å². The van der Waals surface area contributed by atoms with Crippen LogP contribution >= 0.6 is 0 Å². The number of ether oxygens (including phenoxy) is 2. The van der Waals surface area contributed by atoms with E-state index in [1.54, 1.807) is 54.9 Å². The maximum absolute atomic E-state index is 13.2. The van der Waals surface area contributed by atoms with Gasteiger partial charge in [-0.05, 0) is 35.9 Å². The zero-order valence-corrected chi connectivity index (χ0v) is 19.1. The predicted octanol–water partition coefficient (Wildman–Crippen LogP) is 4.92. The summed E-state index contributed by atoms with van der Waals surface area (Å²) in [5.74, 6) is 1.52. The summed E-state index contributed by atoms with van der Waals surface area (Å²) < 4.78 is 13.4. The van der Waals surface area contributed by atoms with Crippen LogP contribution in [0, 0.1) is 0 Å². The minimum Gasteiger partial charge on any atom is -0.489 e. The average molecular weight is 468 g/mol. The molecular weight excluding hydrogens is 442 g/mol. The molecule has 0 aliphatic carbocycles. The van der Waals surface area contributed by atoms with Gasteiger partial charge in [-0.2, -0.15) is 0 Å². The Balaban J connectivity index is 1.55. The van der Waals surface area contributed by atoms with E-state index in [9.17, 15) is 4.79 Å². The van der Waals surface area contributed by atoms with Crippen molar-refractivity contribution >= 4 is 11.7 Å². The van der Waals surface area contributed by atoms with Crippen LogP contribution in [0.3, 0.4) is 0 Å². The lowest BCUT2D eigenvalue weighted by atomic mass is 10.1. The summed E-state index contributed by atoms with van der Waals surface area (Å²) in [7, 11) is 0. The van der Waals surface area contributed by atoms with Crippen molar-refractivity contribution < 1.29 is 14.3 Å². The number of aromatic nitrogens is 4.